The first-order chi connectivity index (χ1) is 11.8. The van der Waals surface area contributed by atoms with Crippen molar-refractivity contribution in [3.63, 3.8) is 0 Å². The van der Waals surface area contributed by atoms with Crippen molar-refractivity contribution in [2.24, 2.45) is 4.99 Å². The predicted molar refractivity (Wildman–Crippen MR) is 119 cm³/mol. The van der Waals surface area contributed by atoms with E-state index in [0.29, 0.717) is 0 Å². The summed E-state index contributed by atoms with van der Waals surface area (Å²) in [6, 6.07) is 12.3. The second-order valence-corrected chi connectivity index (χ2v) is 8.51. The Morgan fingerprint density at radius 3 is 2.68 bits per heavy atom. The van der Waals surface area contributed by atoms with E-state index in [0.717, 1.165) is 22.8 Å². The molecule has 0 atom stereocenters. The second kappa shape index (κ2) is 7.12. The molecule has 0 saturated heterocycles. The number of fused-ring (bicyclic) bond motifs is 1. The van der Waals surface area contributed by atoms with Gasteiger partial charge >= 0.3 is 0 Å². The van der Waals surface area contributed by atoms with Gasteiger partial charge in [0.15, 0.2) is 0 Å². The van der Waals surface area contributed by atoms with Gasteiger partial charge < -0.3 is 4.90 Å². The minimum absolute atomic E-state index is 0.00844. The molecule has 0 fully saturated rings. The van der Waals surface area contributed by atoms with Crippen LogP contribution in [-0.4, -0.2) is 18.3 Å². The van der Waals surface area contributed by atoms with Crippen LogP contribution < -0.4 is 4.90 Å². The lowest BCUT2D eigenvalue weighted by atomic mass is 9.88. The summed E-state index contributed by atoms with van der Waals surface area (Å²) >= 11 is 8.88. The second-order valence-electron chi connectivity index (χ2n) is 6.85. The zero-order valence-electron chi connectivity index (χ0n) is 15.0. The number of hydrogen-bond acceptors (Lipinski definition) is 2. The highest BCUT2D eigenvalue weighted by atomic mass is 127. The van der Waals surface area contributed by atoms with E-state index < -0.39 is 0 Å². The molecular formula is C21H22ClIN2. The lowest BCUT2D eigenvalue weighted by molar-refractivity contribution is 0.566. The van der Waals surface area contributed by atoms with E-state index >= 15 is 0 Å². The molecule has 0 spiro atoms. The van der Waals surface area contributed by atoms with Crippen LogP contribution in [0.15, 0.2) is 47.5 Å². The van der Waals surface area contributed by atoms with Crippen molar-refractivity contribution in [2.45, 2.75) is 33.2 Å². The summed E-state index contributed by atoms with van der Waals surface area (Å²) in [7, 11) is 0. The molecule has 0 N–H and O–H groups in total. The summed E-state index contributed by atoms with van der Waals surface area (Å²) in [5.41, 5.74) is 5.58. The largest absolute Gasteiger partial charge is 0.363 e. The van der Waals surface area contributed by atoms with Gasteiger partial charge in [0.1, 0.15) is 0 Å². The maximum atomic E-state index is 6.58. The first-order valence-electron chi connectivity index (χ1n) is 8.42. The summed E-state index contributed by atoms with van der Waals surface area (Å²) in [5.74, 6) is 0. The minimum atomic E-state index is -0.00844. The first-order valence-corrected chi connectivity index (χ1v) is 9.88. The third-order valence-corrected chi connectivity index (χ3v) is 5.57. The van der Waals surface area contributed by atoms with E-state index in [2.05, 4.69) is 90.5 Å². The average Bonchev–Trinajstić information content (AvgIpc) is 2.53. The molecule has 0 aromatic heterocycles. The van der Waals surface area contributed by atoms with Gasteiger partial charge in [0.2, 0.25) is 0 Å². The normalized spacial score (nSPS) is 16.1. The topological polar surface area (TPSA) is 15.6 Å². The minimum Gasteiger partial charge on any atom is -0.363 e. The molecule has 2 nitrogen and oxygen atoms in total. The number of halogens is 2. The van der Waals surface area contributed by atoms with Gasteiger partial charge in [0.25, 0.3) is 0 Å². The number of allylic oxidation sites excluding steroid dienone is 1. The van der Waals surface area contributed by atoms with Gasteiger partial charge in [-0.2, -0.15) is 0 Å². The SMILES string of the molecule is CCN1c2cc(Cl)c(C=Nc3cccc(I)c3)cc2C(C)=CC1(C)C. The van der Waals surface area contributed by atoms with Crippen molar-refractivity contribution in [3.8, 4) is 0 Å². The molecule has 1 aliphatic rings. The summed E-state index contributed by atoms with van der Waals surface area (Å²) in [4.78, 5) is 6.98. The van der Waals surface area contributed by atoms with Crippen molar-refractivity contribution in [2.75, 3.05) is 11.4 Å². The number of anilines is 1. The fraction of sp³-hybridized carbons (Fsp3) is 0.286. The number of likely N-dealkylation sites (N-methyl/N-ethyl adjacent to an activating group) is 1. The molecule has 4 heteroatoms. The molecule has 0 aliphatic carbocycles. The molecule has 0 amide bonds. The van der Waals surface area contributed by atoms with Gasteiger partial charge in [-0.1, -0.05) is 23.7 Å². The Hall–Kier alpha value is -1.33. The standard InChI is InChI=1S/C21H22ClIN2/c1-5-25-20-11-19(22)15(9-18(20)14(2)12-21(25,3)4)13-24-17-8-6-7-16(23)10-17/h6-13H,5H2,1-4H3. The van der Waals surface area contributed by atoms with Crippen LogP contribution in [0.3, 0.4) is 0 Å². The van der Waals surface area contributed by atoms with Crippen molar-refractivity contribution in [1.29, 1.82) is 0 Å². The molecule has 0 bridgehead atoms. The Kier molecular flexibility index (Phi) is 5.26. The van der Waals surface area contributed by atoms with Crippen LogP contribution in [0.4, 0.5) is 11.4 Å². The fourth-order valence-electron chi connectivity index (χ4n) is 3.49. The molecule has 0 saturated carbocycles. The average molecular weight is 465 g/mol. The van der Waals surface area contributed by atoms with Gasteiger partial charge in [-0.25, -0.2) is 0 Å². The molecule has 1 heterocycles. The molecule has 130 valence electrons. The van der Waals surface area contributed by atoms with Crippen LogP contribution in [0.1, 0.15) is 38.8 Å². The van der Waals surface area contributed by atoms with Crippen molar-refractivity contribution >= 4 is 57.4 Å². The Morgan fingerprint density at radius 2 is 2.00 bits per heavy atom. The van der Waals surface area contributed by atoms with Gasteiger partial charge in [-0.15, -0.1) is 0 Å². The zero-order valence-corrected chi connectivity index (χ0v) is 17.9. The van der Waals surface area contributed by atoms with Gasteiger partial charge in [-0.3, -0.25) is 4.99 Å². The van der Waals surface area contributed by atoms with E-state index in [1.165, 1.54) is 20.4 Å². The van der Waals surface area contributed by atoms with E-state index in [1.807, 2.05) is 18.3 Å². The number of hydrogen-bond donors (Lipinski definition) is 0. The van der Waals surface area contributed by atoms with Crippen molar-refractivity contribution < 1.29 is 0 Å². The molecule has 1 aliphatic heterocycles. The fourth-order valence-corrected chi connectivity index (χ4v) is 4.23. The highest BCUT2D eigenvalue weighted by molar-refractivity contribution is 14.1. The Labute approximate surface area is 168 Å². The molecule has 25 heavy (non-hydrogen) atoms. The van der Waals surface area contributed by atoms with Gasteiger partial charge in [-0.05, 0) is 86.2 Å². The first kappa shape index (κ1) is 18.5. The van der Waals surface area contributed by atoms with Gasteiger partial charge in [0.05, 0.1) is 16.2 Å². The monoisotopic (exact) mass is 464 g/mol. The van der Waals surface area contributed by atoms with Gasteiger partial charge in [0, 0.05) is 33.1 Å². The predicted octanol–water partition coefficient (Wildman–Crippen LogP) is 6.72. The van der Waals surface area contributed by atoms with Crippen LogP contribution in [0, 0.1) is 3.57 Å². The van der Waals surface area contributed by atoms with Crippen LogP contribution in [0.5, 0.6) is 0 Å². The molecular weight excluding hydrogens is 443 g/mol. The van der Waals surface area contributed by atoms with E-state index in [4.69, 9.17) is 11.6 Å². The van der Waals surface area contributed by atoms with Crippen LogP contribution in [0.2, 0.25) is 5.02 Å². The third-order valence-electron chi connectivity index (χ3n) is 4.57. The maximum absolute atomic E-state index is 6.58. The summed E-state index contributed by atoms with van der Waals surface area (Å²) in [6.07, 6.45) is 4.19. The Bertz CT molecular complexity index is 868. The van der Waals surface area contributed by atoms with Crippen LogP contribution in [0.25, 0.3) is 5.57 Å². The lowest BCUT2D eigenvalue weighted by Crippen LogP contribution is -2.44. The summed E-state index contributed by atoms with van der Waals surface area (Å²) < 4.78 is 1.17. The molecule has 3 rings (SSSR count). The van der Waals surface area contributed by atoms with Crippen LogP contribution >= 0.6 is 34.2 Å². The highest BCUT2D eigenvalue weighted by Gasteiger charge is 2.30. The smallest absolute Gasteiger partial charge is 0.0640 e. The molecule has 2 aromatic rings. The van der Waals surface area contributed by atoms with Crippen molar-refractivity contribution in [3.05, 3.63) is 62.2 Å². The molecule has 0 radical (unpaired) electrons. The van der Waals surface area contributed by atoms with Crippen molar-refractivity contribution in [1.82, 2.24) is 0 Å². The molecule has 0 unspecified atom stereocenters. The third kappa shape index (κ3) is 3.77. The zero-order chi connectivity index (χ0) is 18.2. The maximum Gasteiger partial charge on any atom is 0.0640 e. The van der Waals surface area contributed by atoms with E-state index in [9.17, 15) is 0 Å². The summed E-state index contributed by atoms with van der Waals surface area (Å²) in [6.45, 7) is 9.77. The lowest BCUT2D eigenvalue weighted by Gasteiger charge is -2.43. The van der Waals surface area contributed by atoms with E-state index in [-0.39, 0.29) is 5.54 Å². The Morgan fingerprint density at radius 1 is 1.24 bits per heavy atom. The number of benzene rings is 2. The van der Waals surface area contributed by atoms with E-state index in [1.54, 1.807) is 0 Å². The number of rotatable bonds is 3. The Balaban J connectivity index is 2.03. The van der Waals surface area contributed by atoms with Crippen LogP contribution in [-0.2, 0) is 0 Å². The molecule has 2 aromatic carbocycles. The highest BCUT2D eigenvalue weighted by Crippen LogP contribution is 2.41. The quantitative estimate of drug-likeness (QED) is 0.364. The summed E-state index contributed by atoms with van der Waals surface area (Å²) in [5, 5.41) is 0.733. The number of nitrogens with zero attached hydrogens (tertiary/aromatic N) is 2. The number of aliphatic imine (C=N–C) groups is 1.